The maximum atomic E-state index is 8.58. The van der Waals surface area contributed by atoms with Crippen LogP contribution < -0.4 is 16.9 Å². The van der Waals surface area contributed by atoms with E-state index in [2.05, 4.69) is 75.3 Å². The Bertz CT molecular complexity index is 4750. The molecule has 0 amide bonds. The molecule has 94 heavy (non-hydrogen) atoms. The van der Waals surface area contributed by atoms with Gasteiger partial charge < -0.3 is 21.5 Å². The zero-order valence-electron chi connectivity index (χ0n) is 50.8. The van der Waals surface area contributed by atoms with Gasteiger partial charge in [-0.1, -0.05) is 194 Å². The molecule has 15 aromatic rings. The molecule has 0 aliphatic heterocycles. The van der Waals surface area contributed by atoms with Crippen LogP contribution in [-0.4, -0.2) is 115 Å². The Morgan fingerprint density at radius 2 is 0.734 bits per heavy atom. The zero-order chi connectivity index (χ0) is 66.3. The maximum Gasteiger partial charge on any atom is 0.488 e. The number of anilines is 2. The van der Waals surface area contributed by atoms with Gasteiger partial charge in [0.2, 0.25) is 5.28 Å². The second-order valence-corrected chi connectivity index (χ2v) is 21.2. The van der Waals surface area contributed by atoms with Gasteiger partial charge in [0, 0.05) is 59.1 Å². The molecular formula is C64H60BCl4N23O2. The van der Waals surface area contributed by atoms with E-state index in [9.17, 15) is 0 Å². The molecule has 0 unspecified atom stereocenters. The van der Waals surface area contributed by atoms with Gasteiger partial charge in [-0.2, -0.15) is 27.8 Å². The summed E-state index contributed by atoms with van der Waals surface area (Å²) >= 11 is 23.5. The van der Waals surface area contributed by atoms with Crippen LogP contribution in [0.2, 0.25) is 20.6 Å². The average Bonchev–Trinajstić information content (AvgIpc) is 1.59. The SMILES string of the molecule is C.CC#N.Cc1cc2nc(C)nn2c(-c2ccccc2)n1.Cc1nc2c(Cl)c(N)nc(-c3ccccc3)n2n1.Cc1nc2cc(Cl)nc(-c3ccccc3)n2n1.Cc1nc2cc(Cl)nc(Cl)n2n1.Cc1nc2cc(N)nc(-c3ccccc3)n2n1.OB(O)c1ccccc1. The van der Waals surface area contributed by atoms with Crippen LogP contribution in [0.15, 0.2) is 176 Å². The summed E-state index contributed by atoms with van der Waals surface area (Å²) in [6.45, 7) is 12.5. The van der Waals surface area contributed by atoms with Crippen molar-refractivity contribution in [2.45, 2.75) is 55.9 Å². The number of rotatable bonds is 5. The van der Waals surface area contributed by atoms with Crippen LogP contribution in [0.1, 0.15) is 49.2 Å². The van der Waals surface area contributed by atoms with Gasteiger partial charge in [0.1, 0.15) is 56.1 Å². The van der Waals surface area contributed by atoms with Gasteiger partial charge in [-0.25, -0.2) is 49.8 Å². The Labute approximate surface area is 559 Å². The lowest BCUT2D eigenvalue weighted by Gasteiger charge is -2.06. The standard InChI is InChI=1S/C13H12N4.C12H10ClN5.C12H9ClN4.C12H11N5.C6H7BO2.C6H4Cl2N4.C2H3N.CH4/c1-9-8-12-15-10(2)16-17(12)13(14-9)11-6-4-3-5-7-11;1-7-15-12-9(13)10(14)16-11(18(12)17-7)8-5-3-2-4-6-8;2*1-8-14-11-7-10(13)15-12(17(11)16-8)9-5-3-2-4-6-9;8-7(9)6-4-2-1-3-5-6;1-3-9-5-2-4(7)10-6(8)12(5)11-3;1-2-3;/h3-8H,1-2H3;2-6H,14H2,1H3;2-7H,1H3;2-7H,13H2,1H3;1-5,8-9H;2H,1H3;1H3;1H4. The smallest absolute Gasteiger partial charge is 0.423 e. The quantitative estimate of drug-likeness (QED) is 0.0706. The van der Waals surface area contributed by atoms with Crippen LogP contribution in [0, 0.1) is 52.9 Å². The minimum Gasteiger partial charge on any atom is -0.423 e. The molecule has 30 heteroatoms. The van der Waals surface area contributed by atoms with Crippen LogP contribution >= 0.6 is 46.4 Å². The molecule has 10 heterocycles. The Hall–Kier alpha value is -10.9. The highest BCUT2D eigenvalue weighted by Gasteiger charge is 2.17. The van der Waals surface area contributed by atoms with E-state index in [0.29, 0.717) is 90.0 Å². The number of nitrogen functional groups attached to an aromatic ring is 2. The first-order valence-corrected chi connectivity index (χ1v) is 29.6. The highest BCUT2D eigenvalue weighted by Crippen LogP contribution is 2.28. The molecular weight excluding hydrogens is 1280 g/mol. The minimum absolute atomic E-state index is 0. The molecule has 10 aromatic heterocycles. The van der Waals surface area contributed by atoms with E-state index in [1.165, 1.54) is 11.4 Å². The molecule has 15 rings (SSSR count). The van der Waals surface area contributed by atoms with E-state index < -0.39 is 7.12 Å². The fourth-order valence-electron chi connectivity index (χ4n) is 8.78. The Kier molecular flexibility index (Phi) is 23.4. The Morgan fingerprint density at radius 1 is 0.404 bits per heavy atom. The van der Waals surface area contributed by atoms with Crippen molar-refractivity contribution in [1.82, 2.24) is 97.9 Å². The van der Waals surface area contributed by atoms with Crippen molar-refractivity contribution in [3.05, 3.63) is 231 Å². The summed E-state index contributed by atoms with van der Waals surface area (Å²) in [6, 6.07) is 56.7. The van der Waals surface area contributed by atoms with Crippen LogP contribution in [0.25, 0.3) is 73.8 Å². The van der Waals surface area contributed by atoms with Crippen molar-refractivity contribution in [3.63, 3.8) is 0 Å². The third-order valence-corrected chi connectivity index (χ3v) is 13.6. The molecule has 6 N–H and O–H groups in total. The Balaban J connectivity index is 0.000000145. The van der Waals surface area contributed by atoms with Gasteiger partial charge in [0.25, 0.3) is 0 Å². The number of hydrogen-bond acceptors (Lipinski definition) is 20. The number of hydrogen-bond donors (Lipinski definition) is 4. The van der Waals surface area contributed by atoms with E-state index in [4.69, 9.17) is 73.2 Å². The van der Waals surface area contributed by atoms with Crippen LogP contribution in [0.4, 0.5) is 11.6 Å². The topological polar surface area (TPSA) is 332 Å². The number of aryl methyl sites for hydroxylation is 6. The third-order valence-electron chi connectivity index (χ3n) is 12.6. The summed E-state index contributed by atoms with van der Waals surface area (Å²) in [7, 11) is -1.34. The van der Waals surface area contributed by atoms with E-state index in [1.54, 1.807) is 80.4 Å². The predicted molar refractivity (Wildman–Crippen MR) is 367 cm³/mol. The lowest BCUT2D eigenvalue weighted by Crippen LogP contribution is -2.29. The molecule has 0 atom stereocenters. The van der Waals surface area contributed by atoms with Gasteiger partial charge in [0.05, 0.1) is 6.07 Å². The number of aromatic nitrogens is 20. The van der Waals surface area contributed by atoms with E-state index in [1.807, 2.05) is 161 Å². The molecule has 0 aliphatic rings. The lowest BCUT2D eigenvalue weighted by molar-refractivity contribution is 0.426. The van der Waals surface area contributed by atoms with Crippen LogP contribution in [0.3, 0.4) is 0 Å². The molecule has 0 radical (unpaired) electrons. The third kappa shape index (κ3) is 17.4. The first kappa shape index (κ1) is 69.0. The van der Waals surface area contributed by atoms with Crippen LogP contribution in [-0.2, 0) is 0 Å². The number of nitrogens with two attached hydrogens (primary N) is 2. The first-order chi connectivity index (χ1) is 44.8. The second kappa shape index (κ2) is 31.9. The molecule has 0 saturated carbocycles. The number of halogens is 4. The highest BCUT2D eigenvalue weighted by atomic mass is 35.5. The molecule has 25 nitrogen and oxygen atoms in total. The fraction of sp³-hybridized carbons (Fsp3) is 0.125. The van der Waals surface area contributed by atoms with Crippen molar-refractivity contribution in [2.75, 3.05) is 11.5 Å². The van der Waals surface area contributed by atoms with Gasteiger partial charge >= 0.3 is 7.12 Å². The summed E-state index contributed by atoms with van der Waals surface area (Å²) in [4.78, 5) is 42.6. The van der Waals surface area contributed by atoms with Crippen molar-refractivity contribution in [1.29, 1.82) is 5.26 Å². The highest BCUT2D eigenvalue weighted by molar-refractivity contribution is 6.58. The number of nitriles is 1. The summed E-state index contributed by atoms with van der Waals surface area (Å²) < 4.78 is 8.25. The van der Waals surface area contributed by atoms with Crippen molar-refractivity contribution >= 4 is 98.9 Å². The predicted octanol–water partition coefficient (Wildman–Crippen LogP) is 11.5. The molecule has 0 spiro atoms. The largest absolute Gasteiger partial charge is 0.488 e. The lowest BCUT2D eigenvalue weighted by atomic mass is 9.81. The van der Waals surface area contributed by atoms with Crippen molar-refractivity contribution < 1.29 is 10.0 Å². The van der Waals surface area contributed by atoms with Crippen molar-refractivity contribution in [3.8, 4) is 51.6 Å². The normalized spacial score (nSPS) is 10.4. The molecule has 0 saturated heterocycles. The van der Waals surface area contributed by atoms with Gasteiger partial charge in [-0.05, 0) is 58.6 Å². The summed E-state index contributed by atoms with van der Waals surface area (Å²) in [6.07, 6.45) is 0. The fourth-order valence-corrected chi connectivity index (χ4v) is 9.56. The summed E-state index contributed by atoms with van der Waals surface area (Å²) in [5.74, 6) is 7.02. The van der Waals surface area contributed by atoms with Crippen LogP contribution in [0.5, 0.6) is 0 Å². The number of fused-ring (bicyclic) bond motifs is 5. The van der Waals surface area contributed by atoms with E-state index in [-0.39, 0.29) is 18.5 Å². The zero-order valence-corrected chi connectivity index (χ0v) is 53.8. The molecule has 0 aliphatic carbocycles. The Morgan fingerprint density at radius 3 is 1.16 bits per heavy atom. The summed E-state index contributed by atoms with van der Waals surface area (Å²) in [5.41, 5.74) is 20.4. The summed E-state index contributed by atoms with van der Waals surface area (Å²) in [5, 5.41) is 47.1. The molecule has 5 aromatic carbocycles. The molecule has 0 bridgehead atoms. The maximum absolute atomic E-state index is 8.58. The van der Waals surface area contributed by atoms with Gasteiger partial charge in [0.15, 0.2) is 51.5 Å². The van der Waals surface area contributed by atoms with Gasteiger partial charge in [-0.3, -0.25) is 0 Å². The molecule has 474 valence electrons. The second-order valence-electron chi connectivity index (χ2n) is 19.7. The van der Waals surface area contributed by atoms with Gasteiger partial charge in [-0.15, -0.1) is 25.5 Å². The minimum atomic E-state index is -1.34. The molecule has 0 fully saturated rings. The monoisotopic (exact) mass is 1330 g/mol. The first-order valence-electron chi connectivity index (χ1n) is 28.1. The van der Waals surface area contributed by atoms with E-state index in [0.717, 1.165) is 45.2 Å². The average molecular weight is 1340 g/mol. The van der Waals surface area contributed by atoms with E-state index >= 15 is 0 Å². The number of benzene rings is 5. The number of nitrogens with zero attached hydrogens (tertiary/aromatic N) is 21. The van der Waals surface area contributed by atoms with Crippen molar-refractivity contribution in [2.24, 2.45) is 0 Å².